The second kappa shape index (κ2) is 6.59. The first-order chi connectivity index (χ1) is 11.9. The number of likely N-dealkylation sites (N-methyl/N-ethyl adjacent to an activating group) is 1. The summed E-state index contributed by atoms with van der Waals surface area (Å²) >= 11 is 0. The van der Waals surface area contributed by atoms with Crippen molar-refractivity contribution in [3.63, 3.8) is 0 Å². The van der Waals surface area contributed by atoms with Crippen molar-refractivity contribution < 1.29 is 13.2 Å². The van der Waals surface area contributed by atoms with Crippen molar-refractivity contribution in [1.29, 1.82) is 0 Å². The predicted molar refractivity (Wildman–Crippen MR) is 101 cm³/mol. The van der Waals surface area contributed by atoms with E-state index in [1.807, 2.05) is 37.3 Å². The zero-order valence-corrected chi connectivity index (χ0v) is 15.9. The number of rotatable bonds is 4. The summed E-state index contributed by atoms with van der Waals surface area (Å²) in [6, 6.07) is 13.0. The van der Waals surface area contributed by atoms with Crippen molar-refractivity contribution in [3.8, 4) is 5.75 Å². The summed E-state index contributed by atoms with van der Waals surface area (Å²) in [6.45, 7) is 7.25. The molecule has 0 radical (unpaired) electrons. The lowest BCUT2D eigenvalue weighted by Gasteiger charge is -2.42. The van der Waals surface area contributed by atoms with Gasteiger partial charge in [0, 0.05) is 12.6 Å². The molecule has 1 unspecified atom stereocenters. The molecule has 1 heterocycles. The lowest BCUT2D eigenvalue weighted by atomic mass is 10.1. The molecule has 2 aromatic carbocycles. The van der Waals surface area contributed by atoms with E-state index in [1.165, 1.54) is 11.4 Å². The van der Waals surface area contributed by atoms with Gasteiger partial charge in [-0.15, -0.1) is 0 Å². The number of ether oxygens (including phenoxy) is 1. The van der Waals surface area contributed by atoms with Crippen molar-refractivity contribution in [2.45, 2.75) is 31.7 Å². The van der Waals surface area contributed by atoms with Gasteiger partial charge in [0.2, 0.25) is 0 Å². The number of aryl methyl sites for hydroxylation is 1. The highest BCUT2D eigenvalue weighted by Gasteiger charge is 2.36. The van der Waals surface area contributed by atoms with Crippen LogP contribution in [-0.4, -0.2) is 34.7 Å². The minimum atomic E-state index is -3.72. The van der Waals surface area contributed by atoms with E-state index in [1.54, 1.807) is 12.1 Å². The van der Waals surface area contributed by atoms with Gasteiger partial charge in [0.1, 0.15) is 10.6 Å². The highest BCUT2D eigenvalue weighted by Crippen LogP contribution is 2.39. The lowest BCUT2D eigenvalue weighted by Crippen LogP contribution is -2.49. The number of methoxy groups -OCH3 is 1. The Labute approximate surface area is 149 Å². The van der Waals surface area contributed by atoms with E-state index in [4.69, 9.17) is 4.74 Å². The van der Waals surface area contributed by atoms with E-state index in [-0.39, 0.29) is 10.9 Å². The molecule has 134 valence electrons. The zero-order valence-electron chi connectivity index (χ0n) is 15.1. The molecule has 1 aliphatic rings. The molecule has 0 amide bonds. The summed E-state index contributed by atoms with van der Waals surface area (Å²) in [5, 5.41) is 0. The molecule has 0 spiro atoms. The van der Waals surface area contributed by atoms with Crippen molar-refractivity contribution >= 4 is 21.4 Å². The highest BCUT2D eigenvalue weighted by atomic mass is 32.2. The third-order valence-corrected chi connectivity index (χ3v) is 6.45. The van der Waals surface area contributed by atoms with Crippen LogP contribution in [0.1, 0.15) is 19.4 Å². The molecule has 0 fully saturated rings. The normalized spacial score (nSPS) is 17.4. The van der Waals surface area contributed by atoms with Gasteiger partial charge in [0.25, 0.3) is 10.0 Å². The average Bonchev–Trinajstić information content (AvgIpc) is 2.61. The molecule has 0 N–H and O–H groups in total. The molecule has 5 nitrogen and oxygen atoms in total. The summed E-state index contributed by atoms with van der Waals surface area (Å²) in [7, 11) is -2.23. The molecular formula is C19H24N2O3S. The molecule has 0 saturated heterocycles. The van der Waals surface area contributed by atoms with Crippen molar-refractivity contribution in [2.75, 3.05) is 29.4 Å². The van der Waals surface area contributed by atoms with Gasteiger partial charge in [0.05, 0.1) is 25.0 Å². The van der Waals surface area contributed by atoms with Crippen LogP contribution in [-0.2, 0) is 10.0 Å². The Hall–Kier alpha value is -2.21. The minimum absolute atomic E-state index is 0.0884. The Balaban J connectivity index is 2.17. The third kappa shape index (κ3) is 2.95. The number of hydrogen-bond donors (Lipinski definition) is 0. The van der Waals surface area contributed by atoms with E-state index >= 15 is 0 Å². The maximum absolute atomic E-state index is 13.4. The quantitative estimate of drug-likeness (QED) is 0.838. The number of para-hydroxylation sites is 2. The van der Waals surface area contributed by atoms with Crippen LogP contribution in [0, 0.1) is 6.92 Å². The van der Waals surface area contributed by atoms with Gasteiger partial charge >= 0.3 is 0 Å². The van der Waals surface area contributed by atoms with Gasteiger partial charge in [-0.3, -0.25) is 4.31 Å². The van der Waals surface area contributed by atoms with E-state index in [0.717, 1.165) is 17.8 Å². The Morgan fingerprint density at radius 2 is 1.84 bits per heavy atom. The molecule has 2 aromatic rings. The van der Waals surface area contributed by atoms with Gasteiger partial charge in [-0.25, -0.2) is 8.42 Å². The van der Waals surface area contributed by atoms with Crippen molar-refractivity contribution in [2.24, 2.45) is 0 Å². The maximum atomic E-state index is 13.4. The summed E-state index contributed by atoms with van der Waals surface area (Å²) < 4.78 is 33.7. The maximum Gasteiger partial charge on any atom is 0.268 e. The van der Waals surface area contributed by atoms with Gasteiger partial charge < -0.3 is 9.64 Å². The summed E-state index contributed by atoms with van der Waals surface area (Å²) in [4.78, 5) is 2.44. The lowest BCUT2D eigenvalue weighted by molar-refractivity contribution is 0.402. The third-order valence-electron chi connectivity index (χ3n) is 4.65. The summed E-state index contributed by atoms with van der Waals surface area (Å²) in [5.41, 5.74) is 2.54. The second-order valence-corrected chi connectivity index (χ2v) is 8.14. The topological polar surface area (TPSA) is 49.9 Å². The monoisotopic (exact) mass is 360 g/mol. The summed E-state index contributed by atoms with van der Waals surface area (Å²) in [6.07, 6.45) is 0. The van der Waals surface area contributed by atoms with Crippen molar-refractivity contribution in [3.05, 3.63) is 48.0 Å². The number of anilines is 2. The van der Waals surface area contributed by atoms with Crippen molar-refractivity contribution in [1.82, 2.24) is 0 Å². The molecule has 0 saturated carbocycles. The fourth-order valence-corrected chi connectivity index (χ4v) is 5.21. The van der Waals surface area contributed by atoms with Gasteiger partial charge in [0.15, 0.2) is 0 Å². The van der Waals surface area contributed by atoms with Crippen LogP contribution in [0.25, 0.3) is 0 Å². The minimum Gasteiger partial charge on any atom is -0.495 e. The second-order valence-electron chi connectivity index (χ2n) is 6.31. The van der Waals surface area contributed by atoms with E-state index in [2.05, 4.69) is 18.7 Å². The van der Waals surface area contributed by atoms with Crippen LogP contribution < -0.4 is 13.9 Å². The largest absolute Gasteiger partial charge is 0.495 e. The van der Waals surface area contributed by atoms with Crippen LogP contribution >= 0.6 is 0 Å². The molecular weight excluding hydrogens is 336 g/mol. The van der Waals surface area contributed by atoms with Gasteiger partial charge in [-0.05, 0) is 50.6 Å². The fourth-order valence-electron chi connectivity index (χ4n) is 3.41. The van der Waals surface area contributed by atoms with Gasteiger partial charge in [-0.1, -0.05) is 18.2 Å². The molecule has 1 atom stereocenters. The van der Waals surface area contributed by atoms with E-state index in [9.17, 15) is 8.42 Å². The number of fused-ring (bicyclic) bond motifs is 1. The molecule has 0 aromatic heterocycles. The fraction of sp³-hybridized carbons (Fsp3) is 0.368. The number of benzene rings is 2. The smallest absolute Gasteiger partial charge is 0.268 e. The van der Waals surface area contributed by atoms with E-state index < -0.39 is 10.0 Å². The molecule has 6 heteroatoms. The predicted octanol–water partition coefficient (Wildman–Crippen LogP) is 3.43. The molecule has 25 heavy (non-hydrogen) atoms. The van der Waals surface area contributed by atoms with Crippen LogP contribution in [0.15, 0.2) is 47.4 Å². The Morgan fingerprint density at radius 1 is 1.16 bits per heavy atom. The molecule has 3 rings (SSSR count). The van der Waals surface area contributed by atoms with Crippen LogP contribution in [0.2, 0.25) is 0 Å². The standard InChI is InChI=1S/C19H24N2O3S/c1-5-20-15(3)13-21(17-9-7-6-8-16(17)20)25(22,23)19-12-14(2)10-11-18(19)24-4/h6-12,15H,5,13H2,1-4H3. The van der Waals surface area contributed by atoms with Crippen LogP contribution in [0.5, 0.6) is 5.75 Å². The number of hydrogen-bond acceptors (Lipinski definition) is 4. The molecule has 1 aliphatic heterocycles. The zero-order chi connectivity index (χ0) is 18.2. The SMILES string of the molecule is CCN1c2ccccc2N(S(=O)(=O)c2cc(C)ccc2OC)CC1C. The first-order valence-corrected chi connectivity index (χ1v) is 9.87. The Bertz CT molecular complexity index is 880. The molecule has 0 bridgehead atoms. The van der Waals surface area contributed by atoms with E-state index in [0.29, 0.717) is 18.0 Å². The molecule has 0 aliphatic carbocycles. The first-order valence-electron chi connectivity index (χ1n) is 8.43. The van der Waals surface area contributed by atoms with Crippen LogP contribution in [0.4, 0.5) is 11.4 Å². The van der Waals surface area contributed by atoms with Crippen LogP contribution in [0.3, 0.4) is 0 Å². The van der Waals surface area contributed by atoms with Gasteiger partial charge in [-0.2, -0.15) is 0 Å². The Kier molecular flexibility index (Phi) is 4.64. The number of sulfonamides is 1. The first kappa shape index (κ1) is 17.6. The Morgan fingerprint density at radius 3 is 2.48 bits per heavy atom. The number of nitrogens with zero attached hydrogens (tertiary/aromatic N) is 2. The summed E-state index contributed by atoms with van der Waals surface area (Å²) in [5.74, 6) is 0.369. The highest BCUT2D eigenvalue weighted by molar-refractivity contribution is 7.93. The average molecular weight is 360 g/mol.